The Bertz CT molecular complexity index is 314. The first-order chi connectivity index (χ1) is 7.63. The average molecular weight is 220 g/mol. The molecule has 1 heteroatoms. The fourth-order valence-electron chi connectivity index (χ4n) is 2.02. The van der Waals surface area contributed by atoms with Gasteiger partial charge in [-0.2, -0.15) is 0 Å². The standard InChI is InChI=1S/C15H24O/c1-12(2)15-9-7-13(3)5-4-6-14(11-16)8-10-15/h5,8,16H,4,6-7,9-11H2,1-3H3/b13-5-,14-8+. The van der Waals surface area contributed by atoms with Crippen LogP contribution in [0.5, 0.6) is 0 Å². The highest BCUT2D eigenvalue weighted by atomic mass is 16.3. The summed E-state index contributed by atoms with van der Waals surface area (Å²) in [5, 5.41) is 9.26. The second-order valence-electron chi connectivity index (χ2n) is 4.92. The normalized spacial score (nSPS) is 25.4. The molecule has 1 N–H and O–H groups in total. The Balaban J connectivity index is 2.83. The first kappa shape index (κ1) is 13.2. The molecule has 0 unspecified atom stereocenters. The lowest BCUT2D eigenvalue weighted by atomic mass is 9.95. The lowest BCUT2D eigenvalue weighted by molar-refractivity contribution is 0.326. The van der Waals surface area contributed by atoms with Gasteiger partial charge in [0, 0.05) is 0 Å². The van der Waals surface area contributed by atoms with Crippen molar-refractivity contribution in [2.45, 2.75) is 52.9 Å². The number of hydrogen-bond acceptors (Lipinski definition) is 1. The van der Waals surface area contributed by atoms with E-state index < -0.39 is 0 Å². The van der Waals surface area contributed by atoms with Gasteiger partial charge in [0.25, 0.3) is 0 Å². The van der Waals surface area contributed by atoms with Crippen LogP contribution in [0.25, 0.3) is 0 Å². The molecule has 1 aliphatic carbocycles. The highest BCUT2D eigenvalue weighted by Crippen LogP contribution is 2.22. The largest absolute Gasteiger partial charge is 0.392 e. The molecule has 1 aliphatic rings. The fraction of sp³-hybridized carbons (Fsp3) is 0.600. The summed E-state index contributed by atoms with van der Waals surface area (Å²) in [5.41, 5.74) is 5.63. The smallest absolute Gasteiger partial charge is 0.0641 e. The summed E-state index contributed by atoms with van der Waals surface area (Å²) in [5.74, 6) is 0. The topological polar surface area (TPSA) is 20.2 Å². The van der Waals surface area contributed by atoms with E-state index in [-0.39, 0.29) is 6.61 Å². The van der Waals surface area contributed by atoms with E-state index in [2.05, 4.69) is 32.9 Å². The van der Waals surface area contributed by atoms with Gasteiger partial charge in [-0.25, -0.2) is 0 Å². The van der Waals surface area contributed by atoms with Crippen LogP contribution in [0.3, 0.4) is 0 Å². The van der Waals surface area contributed by atoms with Gasteiger partial charge in [0.2, 0.25) is 0 Å². The van der Waals surface area contributed by atoms with Gasteiger partial charge >= 0.3 is 0 Å². The molecule has 1 nitrogen and oxygen atoms in total. The second-order valence-corrected chi connectivity index (χ2v) is 4.92. The van der Waals surface area contributed by atoms with Crippen molar-refractivity contribution in [2.24, 2.45) is 0 Å². The first-order valence-electron chi connectivity index (χ1n) is 6.23. The number of rotatable bonds is 1. The van der Waals surface area contributed by atoms with Crippen molar-refractivity contribution >= 4 is 0 Å². The van der Waals surface area contributed by atoms with Crippen molar-refractivity contribution in [3.05, 3.63) is 34.4 Å². The maximum Gasteiger partial charge on any atom is 0.0641 e. The zero-order valence-corrected chi connectivity index (χ0v) is 10.8. The zero-order chi connectivity index (χ0) is 12.0. The predicted octanol–water partition coefficient (Wildman–Crippen LogP) is 4.15. The maximum atomic E-state index is 9.26. The van der Waals surface area contributed by atoms with E-state index in [1.54, 1.807) is 0 Å². The molecule has 0 aliphatic heterocycles. The molecule has 0 bridgehead atoms. The molecule has 0 radical (unpaired) electrons. The molecule has 0 saturated carbocycles. The third-order valence-electron chi connectivity index (χ3n) is 3.33. The van der Waals surface area contributed by atoms with E-state index in [1.807, 2.05) is 0 Å². The molecule has 0 heterocycles. The molecule has 0 aromatic heterocycles. The number of allylic oxidation sites excluding steroid dienone is 5. The Hall–Kier alpha value is -0.820. The van der Waals surface area contributed by atoms with E-state index in [1.165, 1.54) is 35.1 Å². The van der Waals surface area contributed by atoms with E-state index in [9.17, 15) is 5.11 Å². The Morgan fingerprint density at radius 1 is 1.19 bits per heavy atom. The van der Waals surface area contributed by atoms with Crippen molar-refractivity contribution < 1.29 is 5.11 Å². The van der Waals surface area contributed by atoms with Crippen LogP contribution >= 0.6 is 0 Å². The molecule has 0 spiro atoms. The molecule has 0 aromatic rings. The molecule has 0 aromatic carbocycles. The minimum atomic E-state index is 0.211. The quantitative estimate of drug-likeness (QED) is 0.658. The van der Waals surface area contributed by atoms with Gasteiger partial charge < -0.3 is 5.11 Å². The molecule has 0 amide bonds. The van der Waals surface area contributed by atoms with Crippen LogP contribution in [-0.2, 0) is 0 Å². The minimum Gasteiger partial charge on any atom is -0.392 e. The Labute approximate surface area is 99.6 Å². The van der Waals surface area contributed by atoms with Gasteiger partial charge in [-0.15, -0.1) is 0 Å². The summed E-state index contributed by atoms with van der Waals surface area (Å²) in [7, 11) is 0. The lowest BCUT2D eigenvalue weighted by Gasteiger charge is -2.12. The highest BCUT2D eigenvalue weighted by molar-refractivity contribution is 5.19. The number of aliphatic hydroxyl groups is 1. The second kappa shape index (κ2) is 6.70. The lowest BCUT2D eigenvalue weighted by Crippen LogP contribution is -1.95. The van der Waals surface area contributed by atoms with Crippen LogP contribution in [0, 0.1) is 0 Å². The van der Waals surface area contributed by atoms with E-state index >= 15 is 0 Å². The van der Waals surface area contributed by atoms with Crippen molar-refractivity contribution in [3.8, 4) is 0 Å². The first-order valence-corrected chi connectivity index (χ1v) is 6.23. The van der Waals surface area contributed by atoms with Gasteiger partial charge in [-0.05, 0) is 58.4 Å². The fourth-order valence-corrected chi connectivity index (χ4v) is 2.02. The molecule has 90 valence electrons. The predicted molar refractivity (Wildman–Crippen MR) is 70.4 cm³/mol. The van der Waals surface area contributed by atoms with E-state index in [0.717, 1.165) is 19.3 Å². The van der Waals surface area contributed by atoms with Crippen molar-refractivity contribution in [1.82, 2.24) is 0 Å². The molecule has 0 saturated heterocycles. The number of hydrogen-bond donors (Lipinski definition) is 1. The van der Waals surface area contributed by atoms with Gasteiger partial charge in [-0.1, -0.05) is 28.9 Å². The summed E-state index contributed by atoms with van der Waals surface area (Å²) in [4.78, 5) is 0. The maximum absolute atomic E-state index is 9.26. The van der Waals surface area contributed by atoms with Crippen LogP contribution < -0.4 is 0 Å². The molecular formula is C15H24O. The van der Waals surface area contributed by atoms with Crippen molar-refractivity contribution in [1.29, 1.82) is 0 Å². The average Bonchev–Trinajstić information content (AvgIpc) is 2.26. The summed E-state index contributed by atoms with van der Waals surface area (Å²) in [6, 6.07) is 0. The zero-order valence-electron chi connectivity index (χ0n) is 10.8. The van der Waals surface area contributed by atoms with Crippen molar-refractivity contribution in [3.63, 3.8) is 0 Å². The third kappa shape index (κ3) is 4.36. The van der Waals surface area contributed by atoms with E-state index in [0.29, 0.717) is 0 Å². The highest BCUT2D eigenvalue weighted by Gasteiger charge is 2.04. The SMILES string of the molecule is CC(C)=C1C/C=C(/CO)CC/C=C(/C)CC1. The Morgan fingerprint density at radius 2 is 1.94 bits per heavy atom. The van der Waals surface area contributed by atoms with Gasteiger partial charge in [0.05, 0.1) is 6.61 Å². The van der Waals surface area contributed by atoms with Gasteiger partial charge in [0.1, 0.15) is 0 Å². The molecule has 1 rings (SSSR count). The van der Waals surface area contributed by atoms with E-state index in [4.69, 9.17) is 0 Å². The molecule has 16 heavy (non-hydrogen) atoms. The summed E-state index contributed by atoms with van der Waals surface area (Å²) in [6.07, 6.45) is 9.98. The van der Waals surface area contributed by atoms with Gasteiger partial charge in [0.15, 0.2) is 0 Å². The van der Waals surface area contributed by atoms with Crippen molar-refractivity contribution in [2.75, 3.05) is 6.61 Å². The Kier molecular flexibility index (Phi) is 5.54. The van der Waals surface area contributed by atoms with Crippen LogP contribution in [0.15, 0.2) is 34.4 Å². The molecule has 0 fully saturated rings. The monoisotopic (exact) mass is 220 g/mol. The minimum absolute atomic E-state index is 0.211. The number of aliphatic hydroxyl groups excluding tert-OH is 1. The third-order valence-corrected chi connectivity index (χ3v) is 3.33. The summed E-state index contributed by atoms with van der Waals surface area (Å²) >= 11 is 0. The van der Waals surface area contributed by atoms with Crippen LogP contribution in [0.1, 0.15) is 52.9 Å². The van der Waals surface area contributed by atoms with Crippen LogP contribution in [0.4, 0.5) is 0 Å². The van der Waals surface area contributed by atoms with Crippen LogP contribution in [-0.4, -0.2) is 11.7 Å². The van der Waals surface area contributed by atoms with Crippen LogP contribution in [0.2, 0.25) is 0 Å². The molecule has 0 atom stereocenters. The molecular weight excluding hydrogens is 196 g/mol. The Morgan fingerprint density at radius 3 is 2.56 bits per heavy atom. The summed E-state index contributed by atoms with van der Waals surface area (Å²) < 4.78 is 0. The van der Waals surface area contributed by atoms with Gasteiger partial charge in [-0.3, -0.25) is 0 Å². The summed E-state index contributed by atoms with van der Waals surface area (Å²) in [6.45, 7) is 6.80.